The van der Waals surface area contributed by atoms with Crippen LogP contribution in [0.5, 0.6) is 0 Å². The van der Waals surface area contributed by atoms with Crippen LogP contribution in [0.1, 0.15) is 93.3 Å². The molecule has 0 atom stereocenters. The first-order chi connectivity index (χ1) is 32.3. The highest BCUT2D eigenvalue weighted by Crippen LogP contribution is 2.73. The molecule has 4 bridgehead atoms. The van der Waals surface area contributed by atoms with Gasteiger partial charge in [-0.3, -0.25) is 0 Å². The van der Waals surface area contributed by atoms with Crippen LogP contribution in [0.2, 0.25) is 0 Å². The largest absolute Gasteiger partial charge is 0.0713 e. The molecule has 9 aromatic rings. The normalized spacial score (nSPS) is 22.5. The lowest BCUT2D eigenvalue weighted by Gasteiger charge is -2.61. The first kappa shape index (κ1) is 38.7. The Balaban J connectivity index is 1.09. The summed E-state index contributed by atoms with van der Waals surface area (Å²) in [6, 6.07) is 63.1. The van der Waals surface area contributed by atoms with Crippen LogP contribution in [0.3, 0.4) is 0 Å². The van der Waals surface area contributed by atoms with Gasteiger partial charge in [-0.1, -0.05) is 152 Å². The minimum absolute atomic E-state index is 0.00138. The van der Waals surface area contributed by atoms with Crippen LogP contribution in [-0.4, -0.2) is 0 Å². The van der Waals surface area contributed by atoms with Crippen molar-refractivity contribution in [3.8, 4) is 44.5 Å². The molecule has 9 aromatic carbocycles. The van der Waals surface area contributed by atoms with E-state index in [1.165, 1.54) is 143 Å². The van der Waals surface area contributed by atoms with Crippen molar-refractivity contribution in [2.45, 2.75) is 77.6 Å². The Hall–Kier alpha value is -6.50. The van der Waals surface area contributed by atoms with Gasteiger partial charge in [0.25, 0.3) is 0 Å². The van der Waals surface area contributed by atoms with Gasteiger partial charge in [0, 0.05) is 5.41 Å². The van der Waals surface area contributed by atoms with Crippen LogP contribution in [0, 0.1) is 58.3 Å². The van der Waals surface area contributed by atoms with Gasteiger partial charge in [0.05, 0.1) is 5.41 Å². The summed E-state index contributed by atoms with van der Waals surface area (Å²) in [5, 5.41) is 5.57. The van der Waals surface area contributed by atoms with Crippen LogP contribution >= 0.6 is 0 Å². The van der Waals surface area contributed by atoms with E-state index in [4.69, 9.17) is 0 Å². The number of benzene rings is 9. The summed E-state index contributed by atoms with van der Waals surface area (Å²) in [6.45, 7) is 12.2. The number of hydrogen-bond acceptors (Lipinski definition) is 0. The van der Waals surface area contributed by atoms with Crippen molar-refractivity contribution in [1.29, 1.82) is 0 Å². The quantitative estimate of drug-likeness (QED) is 0.166. The Kier molecular flexibility index (Phi) is 8.08. The van der Waals surface area contributed by atoms with Crippen LogP contribution in [0.15, 0.2) is 164 Å². The van der Waals surface area contributed by atoms with Gasteiger partial charge in [-0.05, 0) is 230 Å². The summed E-state index contributed by atoms with van der Waals surface area (Å²) >= 11 is 0. The second kappa shape index (κ2) is 13.8. The average Bonchev–Trinajstić information content (AvgIpc) is 3.83. The van der Waals surface area contributed by atoms with Gasteiger partial charge in [-0.15, -0.1) is 0 Å². The highest BCUT2D eigenvalue weighted by molar-refractivity contribution is 6.11. The molecule has 0 nitrogen and oxygen atoms in total. The summed E-state index contributed by atoms with van der Waals surface area (Å²) in [5.41, 5.74) is 26.8. The number of hydrogen-bond donors (Lipinski definition) is 0. The smallest absolute Gasteiger partial charge is 0.0622 e. The Bertz CT molecular complexity index is 3450. The predicted octanol–water partition coefficient (Wildman–Crippen LogP) is 17.0. The lowest BCUT2D eigenvalue weighted by atomic mass is 9.42. The van der Waals surface area contributed by atoms with Crippen molar-refractivity contribution in [1.82, 2.24) is 0 Å². The Labute approximate surface area is 390 Å². The van der Waals surface area contributed by atoms with E-state index < -0.39 is 5.41 Å². The molecule has 0 aliphatic heterocycles. The van der Waals surface area contributed by atoms with Crippen molar-refractivity contribution < 1.29 is 0 Å². The zero-order chi connectivity index (χ0) is 44.2. The fraction of sp³-hybridized carbons (Fsp3) is 0.242. The van der Waals surface area contributed by atoms with E-state index in [-0.39, 0.29) is 5.41 Å². The predicted molar refractivity (Wildman–Crippen MR) is 277 cm³/mol. The van der Waals surface area contributed by atoms with Crippen molar-refractivity contribution in [3.05, 3.63) is 225 Å². The first-order valence-electron chi connectivity index (χ1n) is 24.9. The van der Waals surface area contributed by atoms with E-state index >= 15 is 0 Å². The first-order valence-corrected chi connectivity index (χ1v) is 24.9. The molecule has 4 saturated carbocycles. The van der Waals surface area contributed by atoms with Crippen LogP contribution in [0.25, 0.3) is 66.1 Å². The topological polar surface area (TPSA) is 0 Å². The van der Waals surface area contributed by atoms with E-state index in [0.717, 1.165) is 11.8 Å². The summed E-state index contributed by atoms with van der Waals surface area (Å²) < 4.78 is 0. The molecule has 320 valence electrons. The SMILES string of the molecule is Cc1cc2cc(-c3cccc4ccccc34)c3c(c2cc1C)C1(c2c(C)c(C)c(-c4ccc5c(c4)-c4ccccc4C5(c4ccccc4)c4ccccc4)c(C)c2-3)C2CC3CC(C2)CC1C3. The molecule has 1 spiro atoms. The number of aryl methyl sites for hydroxylation is 2. The van der Waals surface area contributed by atoms with Gasteiger partial charge in [-0.25, -0.2) is 0 Å². The highest BCUT2D eigenvalue weighted by Gasteiger charge is 2.63. The standard InChI is InChI=1S/C66H56/c1-38-29-47-37-57(53-25-16-18-45-17-12-13-23-52(45)53)62-61-42(5)60(40(3)41(4)63(61)66(64(62)55(47)30-39(38)2)50-32-43-31-44(34-50)35-51(66)33-43)46-27-28-59-56(36-46)54-24-14-15-26-58(54)65(59,48-19-8-6-9-20-48)49-21-10-7-11-22-49/h6-30,36-37,43-44,50-51H,31-35H2,1-5H3. The average molecular weight is 849 g/mol. The van der Waals surface area contributed by atoms with Gasteiger partial charge in [0.1, 0.15) is 0 Å². The minimum Gasteiger partial charge on any atom is -0.0622 e. The molecule has 66 heavy (non-hydrogen) atoms. The maximum atomic E-state index is 2.61. The van der Waals surface area contributed by atoms with E-state index in [9.17, 15) is 0 Å². The van der Waals surface area contributed by atoms with E-state index in [1.54, 1.807) is 16.7 Å². The summed E-state index contributed by atoms with van der Waals surface area (Å²) in [4.78, 5) is 0. The minimum atomic E-state index is -0.416. The van der Waals surface area contributed by atoms with Gasteiger partial charge in [-0.2, -0.15) is 0 Å². The van der Waals surface area contributed by atoms with Gasteiger partial charge in [0.15, 0.2) is 0 Å². The maximum absolute atomic E-state index is 2.61. The zero-order valence-electron chi connectivity index (χ0n) is 38.9. The Morgan fingerprint density at radius 3 is 1.71 bits per heavy atom. The van der Waals surface area contributed by atoms with Crippen molar-refractivity contribution in [2.75, 3.05) is 0 Å². The van der Waals surface area contributed by atoms with Gasteiger partial charge < -0.3 is 0 Å². The maximum Gasteiger partial charge on any atom is 0.0713 e. The molecule has 0 radical (unpaired) electrons. The molecular weight excluding hydrogens is 793 g/mol. The molecule has 15 rings (SSSR count). The molecule has 6 aliphatic carbocycles. The van der Waals surface area contributed by atoms with Gasteiger partial charge >= 0.3 is 0 Å². The highest BCUT2D eigenvalue weighted by atomic mass is 14.7. The second-order valence-corrected chi connectivity index (χ2v) is 21.3. The Morgan fingerprint density at radius 1 is 0.379 bits per heavy atom. The summed E-state index contributed by atoms with van der Waals surface area (Å²) in [6.07, 6.45) is 6.91. The summed E-state index contributed by atoms with van der Waals surface area (Å²) in [7, 11) is 0. The van der Waals surface area contributed by atoms with Crippen LogP contribution < -0.4 is 0 Å². The molecule has 0 unspecified atom stereocenters. The molecule has 0 amide bonds. The van der Waals surface area contributed by atoms with E-state index in [0.29, 0.717) is 11.8 Å². The van der Waals surface area contributed by atoms with E-state index in [1.807, 2.05) is 0 Å². The lowest BCUT2D eigenvalue weighted by Crippen LogP contribution is -2.55. The van der Waals surface area contributed by atoms with Crippen molar-refractivity contribution in [2.24, 2.45) is 23.7 Å². The molecule has 0 N–H and O–H groups in total. The molecule has 0 aromatic heterocycles. The molecule has 0 saturated heterocycles. The third-order valence-corrected chi connectivity index (χ3v) is 18.4. The van der Waals surface area contributed by atoms with E-state index in [2.05, 4.69) is 198 Å². The Morgan fingerprint density at radius 2 is 0.985 bits per heavy atom. The van der Waals surface area contributed by atoms with Gasteiger partial charge in [0.2, 0.25) is 0 Å². The summed E-state index contributed by atoms with van der Waals surface area (Å²) in [5.74, 6) is 3.06. The van der Waals surface area contributed by atoms with Crippen LogP contribution in [-0.2, 0) is 10.8 Å². The second-order valence-electron chi connectivity index (χ2n) is 21.3. The van der Waals surface area contributed by atoms with Crippen molar-refractivity contribution in [3.63, 3.8) is 0 Å². The lowest BCUT2D eigenvalue weighted by molar-refractivity contribution is -0.0396. The zero-order valence-corrected chi connectivity index (χ0v) is 38.9. The van der Waals surface area contributed by atoms with Crippen LogP contribution in [0.4, 0.5) is 0 Å². The number of rotatable bonds is 4. The molecule has 0 heterocycles. The monoisotopic (exact) mass is 848 g/mol. The molecular formula is C66H56. The fourth-order valence-electron chi connectivity index (χ4n) is 15.9. The molecule has 4 fully saturated rings. The van der Waals surface area contributed by atoms with Crippen molar-refractivity contribution >= 4 is 21.5 Å². The third-order valence-electron chi connectivity index (χ3n) is 18.4. The number of fused-ring (bicyclic) bond motifs is 9. The molecule has 6 aliphatic rings. The molecule has 0 heteroatoms. The third kappa shape index (κ3) is 4.85. The fourth-order valence-corrected chi connectivity index (χ4v) is 15.9.